The molecule has 2 fully saturated rings. The fourth-order valence-electron chi connectivity index (χ4n) is 2.92. The van der Waals surface area contributed by atoms with Gasteiger partial charge in [-0.3, -0.25) is 4.79 Å². The van der Waals surface area contributed by atoms with Gasteiger partial charge in [0.15, 0.2) is 0 Å². The van der Waals surface area contributed by atoms with E-state index in [4.69, 9.17) is 11.6 Å². The molecule has 2 saturated heterocycles. The molecule has 2 aliphatic rings. The topological polar surface area (TPSA) is 68.4 Å². The minimum absolute atomic E-state index is 0.102. The number of rotatable bonds is 6. The van der Waals surface area contributed by atoms with E-state index in [0.29, 0.717) is 22.5 Å². The van der Waals surface area contributed by atoms with Crippen molar-refractivity contribution < 1.29 is 4.79 Å². The second-order valence-electron chi connectivity index (χ2n) is 5.98. The van der Waals surface area contributed by atoms with Crippen molar-refractivity contribution >= 4 is 35.0 Å². The largest absolute Gasteiger partial charge is 0.372 e. The smallest absolute Gasteiger partial charge is 0.252 e. The second kappa shape index (κ2) is 8.92. The van der Waals surface area contributed by atoms with Crippen LogP contribution in [-0.4, -0.2) is 43.2 Å². The zero-order chi connectivity index (χ0) is 16.8. The van der Waals surface area contributed by atoms with Gasteiger partial charge in [0, 0.05) is 37.6 Å². The third kappa shape index (κ3) is 4.77. The number of thioether (sulfide) groups is 1. The van der Waals surface area contributed by atoms with Crippen molar-refractivity contribution in [2.45, 2.75) is 24.6 Å². The van der Waals surface area contributed by atoms with Gasteiger partial charge >= 0.3 is 0 Å². The monoisotopic (exact) mass is 369 g/mol. The number of nitrogens with one attached hydrogen (secondary N) is 4. The summed E-state index contributed by atoms with van der Waals surface area (Å²) < 4.78 is 0. The quantitative estimate of drug-likeness (QED) is 0.573. The average molecular weight is 370 g/mol. The van der Waals surface area contributed by atoms with Crippen LogP contribution in [0.2, 0.25) is 5.02 Å². The van der Waals surface area contributed by atoms with E-state index in [9.17, 15) is 4.79 Å². The Morgan fingerprint density at radius 2 is 2.17 bits per heavy atom. The molecule has 1 aromatic carbocycles. The standard InChI is InChI=1S/C16H24ClN5OS/c17-14-5-4-12(22-7-2-1-3-8-22)10-13(14)16(23)18-6-9-24-15-11-19-21-20-15/h4-5,10,15,19-21H,1-3,6-9,11H2,(H,18,23). The number of carbonyl (C=O) groups excluding carboxylic acids is 1. The normalized spacial score (nSPS) is 21.0. The van der Waals surface area contributed by atoms with E-state index >= 15 is 0 Å². The summed E-state index contributed by atoms with van der Waals surface area (Å²) in [6.07, 6.45) is 3.70. The van der Waals surface area contributed by atoms with E-state index in [-0.39, 0.29) is 5.91 Å². The number of hydrazine groups is 2. The molecule has 0 aliphatic carbocycles. The highest BCUT2D eigenvalue weighted by atomic mass is 35.5. The molecular formula is C16H24ClN5OS. The van der Waals surface area contributed by atoms with Gasteiger partial charge < -0.3 is 10.2 Å². The number of hydrogen-bond donors (Lipinski definition) is 4. The Kier molecular flexibility index (Phi) is 6.62. The molecule has 2 aliphatic heterocycles. The molecule has 0 bridgehead atoms. The Morgan fingerprint density at radius 1 is 1.33 bits per heavy atom. The minimum atomic E-state index is -0.102. The van der Waals surface area contributed by atoms with Crippen LogP contribution in [0.1, 0.15) is 29.6 Å². The summed E-state index contributed by atoms with van der Waals surface area (Å²) in [4.78, 5) is 14.8. The molecule has 132 valence electrons. The van der Waals surface area contributed by atoms with E-state index in [1.54, 1.807) is 11.8 Å². The lowest BCUT2D eigenvalue weighted by Gasteiger charge is -2.29. The van der Waals surface area contributed by atoms with Gasteiger partial charge in [0.2, 0.25) is 0 Å². The van der Waals surface area contributed by atoms with Crippen molar-refractivity contribution in [1.29, 1.82) is 0 Å². The number of benzene rings is 1. The number of carbonyl (C=O) groups is 1. The summed E-state index contributed by atoms with van der Waals surface area (Å²) in [6, 6.07) is 5.75. The summed E-state index contributed by atoms with van der Waals surface area (Å²) in [5, 5.41) is 3.80. The van der Waals surface area contributed by atoms with E-state index in [2.05, 4.69) is 26.6 Å². The van der Waals surface area contributed by atoms with Crippen molar-refractivity contribution in [3.63, 3.8) is 0 Å². The Balaban J connectivity index is 1.53. The van der Waals surface area contributed by atoms with Crippen LogP contribution in [0.15, 0.2) is 18.2 Å². The third-order valence-corrected chi connectivity index (χ3v) is 5.69. The maximum absolute atomic E-state index is 12.4. The number of anilines is 1. The summed E-state index contributed by atoms with van der Waals surface area (Å²) in [5.74, 6) is 0.742. The maximum atomic E-state index is 12.4. The molecule has 0 aromatic heterocycles. The van der Waals surface area contributed by atoms with Crippen molar-refractivity contribution in [3.8, 4) is 0 Å². The van der Waals surface area contributed by atoms with Gasteiger partial charge in [-0.25, -0.2) is 10.9 Å². The molecule has 4 N–H and O–H groups in total. The second-order valence-corrected chi connectivity index (χ2v) is 7.70. The molecule has 3 rings (SSSR count). The van der Waals surface area contributed by atoms with Gasteiger partial charge in [-0.2, -0.15) is 5.53 Å². The van der Waals surface area contributed by atoms with Crippen LogP contribution in [0.3, 0.4) is 0 Å². The van der Waals surface area contributed by atoms with Crippen LogP contribution in [-0.2, 0) is 0 Å². The van der Waals surface area contributed by atoms with Crippen molar-refractivity contribution in [2.75, 3.05) is 36.8 Å². The summed E-state index contributed by atoms with van der Waals surface area (Å²) >= 11 is 7.99. The fraction of sp³-hybridized carbons (Fsp3) is 0.562. The lowest BCUT2D eigenvalue weighted by molar-refractivity contribution is 0.0956. The first-order valence-electron chi connectivity index (χ1n) is 8.42. The van der Waals surface area contributed by atoms with Crippen LogP contribution in [0, 0.1) is 0 Å². The van der Waals surface area contributed by atoms with Gasteiger partial charge in [0.1, 0.15) is 0 Å². The molecule has 2 heterocycles. The summed E-state index contributed by atoms with van der Waals surface area (Å²) in [5.41, 5.74) is 10.6. The Hall–Kier alpha value is -0.990. The van der Waals surface area contributed by atoms with Crippen LogP contribution < -0.4 is 26.6 Å². The first-order valence-corrected chi connectivity index (χ1v) is 9.84. The molecule has 0 radical (unpaired) electrons. The van der Waals surface area contributed by atoms with Gasteiger partial charge in [0.05, 0.1) is 16.0 Å². The van der Waals surface area contributed by atoms with Crippen LogP contribution >= 0.6 is 23.4 Å². The summed E-state index contributed by atoms with van der Waals surface area (Å²) in [6.45, 7) is 3.58. The zero-order valence-corrected chi connectivity index (χ0v) is 15.2. The molecule has 8 heteroatoms. The fourth-order valence-corrected chi connectivity index (χ4v) is 3.98. The Labute approximate surface area is 152 Å². The minimum Gasteiger partial charge on any atom is -0.372 e. The molecule has 0 spiro atoms. The predicted molar refractivity (Wildman–Crippen MR) is 100 cm³/mol. The number of nitrogens with zero attached hydrogens (tertiary/aromatic N) is 1. The van der Waals surface area contributed by atoms with Gasteiger partial charge in [-0.15, -0.1) is 11.8 Å². The highest BCUT2D eigenvalue weighted by Gasteiger charge is 2.16. The molecule has 1 unspecified atom stereocenters. The van der Waals surface area contributed by atoms with Crippen molar-refractivity contribution in [2.24, 2.45) is 0 Å². The zero-order valence-electron chi connectivity index (χ0n) is 13.6. The lowest BCUT2D eigenvalue weighted by Crippen LogP contribution is -2.33. The van der Waals surface area contributed by atoms with Crippen molar-refractivity contribution in [1.82, 2.24) is 21.7 Å². The SMILES string of the molecule is O=C(NCCSC1CNNN1)c1cc(N2CCCCC2)ccc1Cl. The molecule has 6 nitrogen and oxygen atoms in total. The molecule has 24 heavy (non-hydrogen) atoms. The van der Waals surface area contributed by atoms with Crippen LogP contribution in [0.5, 0.6) is 0 Å². The van der Waals surface area contributed by atoms with E-state index in [1.807, 2.05) is 18.2 Å². The first kappa shape index (κ1) is 17.8. The highest BCUT2D eigenvalue weighted by molar-refractivity contribution is 7.99. The molecule has 0 saturated carbocycles. The van der Waals surface area contributed by atoms with Crippen LogP contribution in [0.4, 0.5) is 5.69 Å². The first-order chi connectivity index (χ1) is 11.7. The molecule has 1 atom stereocenters. The Bertz CT molecular complexity index is 561. The maximum Gasteiger partial charge on any atom is 0.252 e. The van der Waals surface area contributed by atoms with Gasteiger partial charge in [-0.1, -0.05) is 11.6 Å². The van der Waals surface area contributed by atoms with Crippen molar-refractivity contribution in [3.05, 3.63) is 28.8 Å². The number of piperidine rings is 1. The van der Waals surface area contributed by atoms with E-state index in [1.165, 1.54) is 19.3 Å². The molecular weight excluding hydrogens is 346 g/mol. The molecule has 1 amide bonds. The average Bonchev–Trinajstić information content (AvgIpc) is 3.13. The summed E-state index contributed by atoms with van der Waals surface area (Å²) in [7, 11) is 0. The predicted octanol–water partition coefficient (Wildman–Crippen LogP) is 1.73. The van der Waals surface area contributed by atoms with Gasteiger partial charge in [0.25, 0.3) is 5.91 Å². The van der Waals surface area contributed by atoms with Crippen LogP contribution in [0.25, 0.3) is 0 Å². The molecule has 1 aromatic rings. The number of hydrogen-bond acceptors (Lipinski definition) is 6. The lowest BCUT2D eigenvalue weighted by atomic mass is 10.1. The highest BCUT2D eigenvalue weighted by Crippen LogP contribution is 2.25. The van der Waals surface area contributed by atoms with E-state index in [0.717, 1.165) is 31.1 Å². The van der Waals surface area contributed by atoms with E-state index < -0.39 is 0 Å². The van der Waals surface area contributed by atoms with Gasteiger partial charge in [-0.05, 0) is 37.5 Å². The third-order valence-electron chi connectivity index (χ3n) is 4.23. The number of halogens is 1. The number of amides is 1. The Morgan fingerprint density at radius 3 is 2.92 bits per heavy atom.